The van der Waals surface area contributed by atoms with Crippen LogP contribution in [-0.4, -0.2) is 41.2 Å². The number of carbonyl (C=O) groups excluding carboxylic acids is 3. The fraction of sp³-hybridized carbons (Fsp3) is 0.400. The first-order valence-electron chi connectivity index (χ1n) is 6.78. The topological polar surface area (TPSA) is 92.7 Å². The number of benzene rings is 1. The van der Waals surface area contributed by atoms with Crippen molar-refractivity contribution in [2.75, 3.05) is 11.9 Å². The minimum absolute atomic E-state index is 0.188. The highest BCUT2D eigenvalue weighted by Gasteiger charge is 2.51. The first-order valence-corrected chi connectivity index (χ1v) is 6.78. The van der Waals surface area contributed by atoms with E-state index in [0.717, 1.165) is 0 Å². The molecule has 24 heavy (non-hydrogen) atoms. The quantitative estimate of drug-likeness (QED) is 0.607. The molecule has 0 saturated carbocycles. The SMILES string of the molecule is CC(=O)c1ccccc1NC(=O)COC(=O)CC(C)(O)C(F)(F)F. The van der Waals surface area contributed by atoms with Crippen LogP contribution in [0.3, 0.4) is 0 Å². The van der Waals surface area contributed by atoms with Crippen LogP contribution < -0.4 is 5.32 Å². The van der Waals surface area contributed by atoms with Crippen molar-refractivity contribution in [1.82, 2.24) is 0 Å². The Labute approximate surface area is 135 Å². The zero-order chi connectivity index (χ0) is 18.5. The summed E-state index contributed by atoms with van der Waals surface area (Å²) in [6, 6.07) is 6.08. The summed E-state index contributed by atoms with van der Waals surface area (Å²) >= 11 is 0. The normalized spacial score (nSPS) is 13.8. The van der Waals surface area contributed by atoms with Crippen LogP contribution in [0, 0.1) is 0 Å². The summed E-state index contributed by atoms with van der Waals surface area (Å²) in [5.74, 6) is -2.51. The second-order valence-electron chi connectivity index (χ2n) is 5.26. The standard InChI is InChI=1S/C15H16F3NO5/c1-9(20)10-5-3-4-6-11(10)19-12(21)8-24-13(22)7-14(2,23)15(16,17)18/h3-6,23H,7-8H2,1-2H3,(H,19,21). The molecule has 132 valence electrons. The highest BCUT2D eigenvalue weighted by Crippen LogP contribution is 2.32. The molecule has 1 aromatic carbocycles. The van der Waals surface area contributed by atoms with Crippen molar-refractivity contribution in [2.45, 2.75) is 32.0 Å². The van der Waals surface area contributed by atoms with Gasteiger partial charge in [0, 0.05) is 5.56 Å². The van der Waals surface area contributed by atoms with E-state index in [1.165, 1.54) is 19.1 Å². The summed E-state index contributed by atoms with van der Waals surface area (Å²) in [5, 5.41) is 11.5. The maximum absolute atomic E-state index is 12.4. The van der Waals surface area contributed by atoms with Gasteiger partial charge < -0.3 is 15.2 Å². The molecule has 1 rings (SSSR count). The van der Waals surface area contributed by atoms with Crippen molar-refractivity contribution >= 4 is 23.3 Å². The lowest BCUT2D eigenvalue weighted by molar-refractivity contribution is -0.255. The molecule has 0 saturated heterocycles. The van der Waals surface area contributed by atoms with E-state index in [9.17, 15) is 27.6 Å². The smallest absolute Gasteiger partial charge is 0.417 e. The van der Waals surface area contributed by atoms with E-state index >= 15 is 0 Å². The summed E-state index contributed by atoms with van der Waals surface area (Å²) < 4.78 is 41.7. The average molecular weight is 347 g/mol. The molecule has 0 heterocycles. The number of hydrogen-bond donors (Lipinski definition) is 2. The lowest BCUT2D eigenvalue weighted by Crippen LogP contribution is -2.44. The number of aliphatic hydroxyl groups is 1. The van der Waals surface area contributed by atoms with Gasteiger partial charge in [-0.15, -0.1) is 0 Å². The molecule has 6 nitrogen and oxygen atoms in total. The molecule has 0 bridgehead atoms. The van der Waals surface area contributed by atoms with E-state index in [-0.39, 0.29) is 17.0 Å². The van der Waals surface area contributed by atoms with E-state index in [4.69, 9.17) is 5.11 Å². The number of anilines is 1. The zero-order valence-electron chi connectivity index (χ0n) is 12.9. The van der Waals surface area contributed by atoms with Crippen molar-refractivity contribution in [3.05, 3.63) is 29.8 Å². The Morgan fingerprint density at radius 1 is 1.21 bits per heavy atom. The molecule has 0 fully saturated rings. The van der Waals surface area contributed by atoms with E-state index in [1.807, 2.05) is 0 Å². The van der Waals surface area contributed by atoms with Crippen LogP contribution in [-0.2, 0) is 14.3 Å². The van der Waals surface area contributed by atoms with Gasteiger partial charge in [-0.2, -0.15) is 13.2 Å². The summed E-state index contributed by atoms with van der Waals surface area (Å²) in [6.07, 6.45) is -6.34. The van der Waals surface area contributed by atoms with Gasteiger partial charge in [0.15, 0.2) is 18.0 Å². The molecule has 9 heteroatoms. The molecule has 1 atom stereocenters. The summed E-state index contributed by atoms with van der Waals surface area (Å²) in [5.41, 5.74) is -2.83. The van der Waals surface area contributed by atoms with Crippen molar-refractivity contribution in [1.29, 1.82) is 0 Å². The van der Waals surface area contributed by atoms with Gasteiger partial charge in [0.25, 0.3) is 5.91 Å². The Kier molecular flexibility index (Phi) is 6.08. The number of ether oxygens (including phenoxy) is 1. The highest BCUT2D eigenvalue weighted by molar-refractivity contribution is 6.04. The number of alkyl halides is 3. The van der Waals surface area contributed by atoms with Crippen molar-refractivity contribution in [2.24, 2.45) is 0 Å². The van der Waals surface area contributed by atoms with Crippen LogP contribution in [0.1, 0.15) is 30.6 Å². The summed E-state index contributed by atoms with van der Waals surface area (Å²) in [7, 11) is 0. The van der Waals surface area contributed by atoms with Crippen molar-refractivity contribution < 1.29 is 37.4 Å². The van der Waals surface area contributed by atoms with Gasteiger partial charge in [0.2, 0.25) is 0 Å². The van der Waals surface area contributed by atoms with E-state index in [0.29, 0.717) is 6.92 Å². The first-order chi connectivity index (χ1) is 10.9. The Morgan fingerprint density at radius 2 is 1.79 bits per heavy atom. The van der Waals surface area contributed by atoms with Gasteiger partial charge in [-0.05, 0) is 26.0 Å². The Balaban J connectivity index is 2.59. The van der Waals surface area contributed by atoms with Gasteiger partial charge in [0.1, 0.15) is 0 Å². The van der Waals surface area contributed by atoms with Crippen molar-refractivity contribution in [3.63, 3.8) is 0 Å². The molecular formula is C15H16F3NO5. The Hall–Kier alpha value is -2.42. The molecule has 1 unspecified atom stereocenters. The summed E-state index contributed by atoms with van der Waals surface area (Å²) in [6.45, 7) is 0.876. The van der Waals surface area contributed by atoms with Gasteiger partial charge in [-0.25, -0.2) is 0 Å². The van der Waals surface area contributed by atoms with Crippen LogP contribution >= 0.6 is 0 Å². The number of amides is 1. The van der Waals surface area contributed by atoms with Crippen LogP contribution in [0.2, 0.25) is 0 Å². The number of Topliss-reactive ketones (excluding diaryl/α,β-unsaturated/α-hetero) is 1. The highest BCUT2D eigenvalue weighted by atomic mass is 19.4. The molecule has 1 aromatic rings. The number of hydrogen-bond acceptors (Lipinski definition) is 5. The van der Waals surface area contributed by atoms with E-state index < -0.39 is 36.7 Å². The molecule has 0 aliphatic rings. The minimum atomic E-state index is -5.01. The number of rotatable bonds is 6. The Morgan fingerprint density at radius 3 is 2.33 bits per heavy atom. The number of halogens is 3. The lowest BCUT2D eigenvalue weighted by atomic mass is 10.0. The number of nitrogens with one attached hydrogen (secondary N) is 1. The monoisotopic (exact) mass is 347 g/mol. The molecule has 1 amide bonds. The molecular weight excluding hydrogens is 331 g/mol. The molecule has 0 spiro atoms. The predicted octanol–water partition coefficient (Wildman–Crippen LogP) is 2.07. The summed E-state index contributed by atoms with van der Waals surface area (Å²) in [4.78, 5) is 34.4. The van der Waals surface area contributed by atoms with Gasteiger partial charge in [0.05, 0.1) is 12.1 Å². The molecule has 0 aliphatic carbocycles. The zero-order valence-corrected chi connectivity index (χ0v) is 12.9. The third-order valence-electron chi connectivity index (χ3n) is 3.04. The molecule has 0 radical (unpaired) electrons. The Bertz CT molecular complexity index is 640. The maximum Gasteiger partial charge on any atom is 0.417 e. The second-order valence-corrected chi connectivity index (χ2v) is 5.26. The van der Waals surface area contributed by atoms with Crippen LogP contribution in [0.4, 0.5) is 18.9 Å². The number of ketones is 1. The van der Waals surface area contributed by atoms with Gasteiger partial charge in [-0.3, -0.25) is 14.4 Å². The fourth-order valence-corrected chi connectivity index (χ4v) is 1.66. The third-order valence-corrected chi connectivity index (χ3v) is 3.04. The number of esters is 1. The van der Waals surface area contributed by atoms with Crippen LogP contribution in [0.25, 0.3) is 0 Å². The van der Waals surface area contributed by atoms with Crippen LogP contribution in [0.15, 0.2) is 24.3 Å². The second kappa shape index (κ2) is 7.43. The minimum Gasteiger partial charge on any atom is -0.455 e. The van der Waals surface area contributed by atoms with Crippen molar-refractivity contribution in [3.8, 4) is 0 Å². The predicted molar refractivity (Wildman–Crippen MR) is 77.3 cm³/mol. The molecule has 2 N–H and O–H groups in total. The molecule has 0 aromatic heterocycles. The fourth-order valence-electron chi connectivity index (χ4n) is 1.66. The maximum atomic E-state index is 12.4. The average Bonchev–Trinajstić information content (AvgIpc) is 2.44. The molecule has 0 aliphatic heterocycles. The van der Waals surface area contributed by atoms with Gasteiger partial charge in [-0.1, -0.05) is 12.1 Å². The van der Waals surface area contributed by atoms with Crippen LogP contribution in [0.5, 0.6) is 0 Å². The first kappa shape index (κ1) is 19.6. The largest absolute Gasteiger partial charge is 0.455 e. The number of carbonyl (C=O) groups is 3. The third kappa shape index (κ3) is 5.34. The van der Waals surface area contributed by atoms with E-state index in [2.05, 4.69) is 10.1 Å². The van der Waals surface area contributed by atoms with Gasteiger partial charge >= 0.3 is 12.1 Å². The van der Waals surface area contributed by atoms with E-state index in [1.54, 1.807) is 12.1 Å². The number of para-hydroxylation sites is 1. The lowest BCUT2D eigenvalue weighted by Gasteiger charge is -2.24.